The first-order valence-corrected chi connectivity index (χ1v) is 30.3. The van der Waals surface area contributed by atoms with E-state index in [4.69, 9.17) is 62.7 Å². The average molecular weight is 1250 g/mol. The number of rotatable bonds is 27. The van der Waals surface area contributed by atoms with E-state index in [-0.39, 0.29) is 72.6 Å². The summed E-state index contributed by atoms with van der Waals surface area (Å²) in [6.07, 6.45) is 2.15. The molecule has 0 unspecified atom stereocenters. The molecule has 0 aliphatic carbocycles. The summed E-state index contributed by atoms with van der Waals surface area (Å²) in [6.45, 7) is 15.8. The number of benzene rings is 2. The molecule has 5 rings (SSSR count). The predicted octanol–water partition coefficient (Wildman–Crippen LogP) is 6.02. The van der Waals surface area contributed by atoms with Gasteiger partial charge in [-0.05, 0) is 101 Å². The quantitative estimate of drug-likeness (QED) is 0.0296. The van der Waals surface area contributed by atoms with Crippen LogP contribution < -0.4 is 31.3 Å². The van der Waals surface area contributed by atoms with Crippen LogP contribution in [-0.4, -0.2) is 178 Å². The molecule has 3 aliphatic heterocycles. The zero-order chi connectivity index (χ0) is 64.5. The minimum Gasteiger partial charge on any atom is -0.495 e. The van der Waals surface area contributed by atoms with E-state index < -0.39 is 95.7 Å². The Hall–Kier alpha value is -6.34. The summed E-state index contributed by atoms with van der Waals surface area (Å²) >= 11 is 12.5. The maximum atomic E-state index is 14.5. The van der Waals surface area contributed by atoms with Crippen molar-refractivity contribution in [2.75, 3.05) is 72.7 Å². The van der Waals surface area contributed by atoms with E-state index in [2.05, 4.69) is 16.0 Å². The van der Waals surface area contributed by atoms with Crippen LogP contribution in [0, 0.1) is 24.7 Å². The number of nitrogens with two attached hydrogens (primary N) is 1. The molecule has 87 heavy (non-hydrogen) atoms. The molecule has 0 saturated carbocycles. The van der Waals surface area contributed by atoms with Gasteiger partial charge in [-0.3, -0.25) is 28.8 Å². The summed E-state index contributed by atoms with van der Waals surface area (Å²) in [5.41, 5.74) is 5.68. The van der Waals surface area contributed by atoms with Gasteiger partial charge in [0, 0.05) is 77.4 Å². The third-order valence-electron chi connectivity index (χ3n) is 16.4. The fourth-order valence-corrected chi connectivity index (χ4v) is 11.4. The molecule has 2 aromatic carbocycles. The average Bonchev–Trinajstić information content (AvgIpc) is 1.60. The van der Waals surface area contributed by atoms with Gasteiger partial charge in [0.25, 0.3) is 5.91 Å². The van der Waals surface area contributed by atoms with Gasteiger partial charge in [-0.2, -0.15) is 0 Å². The lowest BCUT2D eigenvalue weighted by Gasteiger charge is -2.41. The number of Topliss-reactive ketones (excluding diaryl/α,β-unsaturated/α-hetero) is 2. The Morgan fingerprint density at radius 3 is 2.34 bits per heavy atom. The summed E-state index contributed by atoms with van der Waals surface area (Å²) in [5.74, 6) is -4.20. The standard InChI is InChI=1S/C63H89ClN6O16S/c1-36(2)45(32-53(87)66-22-24-83-26-25-82-23-20-39(5)71)58(75)68-46(16-14-21-67-61(65)78)48(72)31-43-18-19-44(28-38(43)4)59(76)69(9)41(7)60(77)85-52-33-54(73)70(10)47-29-42(30-49(80-11)56(47)64)27-37(3)15-13-17-51(81-12)63(79)34-50(84-55(74)35-63)40(6)57-62(52,8)86-57/h13,15,17-19,28-30,36,40-41,45-46,50-52,57,79H,14,16,20-27,31-35H2,1-12H3,(H,66,87)(H,68,75)(H3,65,67,78)/b17-13+,37-15+/t40-,41+,45+,46+,50+,51-,52+,57+,62+,63-/m1/s1. The molecule has 5 amide bonds. The number of methoxy groups -OCH3 is 2. The molecule has 0 aromatic heterocycles. The molecular formula is C63H89ClN6O16S. The number of aliphatic hydroxyl groups is 1. The number of carbonyl (C=O) groups is 8. The van der Waals surface area contributed by atoms with E-state index in [1.165, 1.54) is 44.9 Å². The van der Waals surface area contributed by atoms with Gasteiger partial charge < -0.3 is 69.7 Å². The second kappa shape index (κ2) is 32.8. The number of amides is 5. The number of esters is 2. The first-order chi connectivity index (χ1) is 41.0. The van der Waals surface area contributed by atoms with Crippen molar-refractivity contribution >= 4 is 81.8 Å². The van der Waals surface area contributed by atoms with Crippen molar-refractivity contribution in [3.63, 3.8) is 0 Å². The maximum absolute atomic E-state index is 14.5. The van der Waals surface area contributed by atoms with Crippen molar-refractivity contribution in [3.05, 3.63) is 81.4 Å². The normalized spacial score (nSPS) is 24.2. The number of hydrogen-bond acceptors (Lipinski definition) is 17. The molecule has 10 atom stereocenters. The van der Waals surface area contributed by atoms with Gasteiger partial charge in [0.05, 0.1) is 69.2 Å². The van der Waals surface area contributed by atoms with E-state index in [0.717, 1.165) is 11.1 Å². The van der Waals surface area contributed by atoms with Crippen LogP contribution in [0.25, 0.3) is 0 Å². The van der Waals surface area contributed by atoms with Crippen LogP contribution in [0.15, 0.2) is 54.1 Å². The van der Waals surface area contributed by atoms with E-state index in [0.29, 0.717) is 79.8 Å². The molecule has 0 spiro atoms. The number of thiocarbonyl (C=S) groups is 1. The first-order valence-electron chi connectivity index (χ1n) is 29.5. The zero-order valence-electron chi connectivity index (χ0n) is 52.3. The number of primary amides is 1. The first kappa shape index (κ1) is 71.4. The van der Waals surface area contributed by atoms with Crippen LogP contribution in [0.2, 0.25) is 5.02 Å². The molecule has 3 heterocycles. The van der Waals surface area contributed by atoms with Crippen molar-refractivity contribution < 1.29 is 76.6 Å². The second-order valence-corrected chi connectivity index (χ2v) is 24.4. The summed E-state index contributed by atoms with van der Waals surface area (Å²) in [6, 6.07) is 5.43. The van der Waals surface area contributed by atoms with Gasteiger partial charge in [-0.25, -0.2) is 9.59 Å². The van der Waals surface area contributed by atoms with Crippen LogP contribution in [-0.2, 0) is 70.0 Å². The number of allylic oxidation sites excluding steroid dienone is 3. The highest BCUT2D eigenvalue weighted by molar-refractivity contribution is 7.80. The van der Waals surface area contributed by atoms with Gasteiger partial charge in [0.15, 0.2) is 5.78 Å². The van der Waals surface area contributed by atoms with Gasteiger partial charge >= 0.3 is 18.0 Å². The minimum atomic E-state index is -1.66. The van der Waals surface area contributed by atoms with Gasteiger partial charge in [0.1, 0.15) is 52.1 Å². The topological polar surface area (TPSA) is 293 Å². The number of carbonyl (C=O) groups excluding carboxylic acids is 8. The lowest BCUT2D eigenvalue weighted by Crippen LogP contribution is -2.53. The molecular weight excluding hydrogens is 1160 g/mol. The molecule has 3 aliphatic rings. The predicted molar refractivity (Wildman–Crippen MR) is 330 cm³/mol. The Labute approximate surface area is 521 Å². The Morgan fingerprint density at radius 2 is 1.70 bits per heavy atom. The van der Waals surface area contributed by atoms with E-state index in [9.17, 15) is 43.5 Å². The van der Waals surface area contributed by atoms with E-state index in [1.54, 1.807) is 70.3 Å². The molecule has 22 nitrogen and oxygen atoms in total. The smallest absolute Gasteiger partial charge is 0.328 e. The summed E-state index contributed by atoms with van der Waals surface area (Å²) in [7, 11) is 5.90. The Balaban J connectivity index is 1.31. The third kappa shape index (κ3) is 20.1. The number of fused-ring (bicyclic) bond motifs is 5. The number of hydrogen-bond donors (Lipinski definition) is 5. The van der Waals surface area contributed by atoms with Gasteiger partial charge in [-0.1, -0.05) is 74.5 Å². The van der Waals surface area contributed by atoms with Crippen LogP contribution in [0.5, 0.6) is 5.75 Å². The second-order valence-electron chi connectivity index (χ2n) is 23.5. The Kier molecular flexibility index (Phi) is 26.9. The summed E-state index contributed by atoms with van der Waals surface area (Å²) < 4.78 is 40.8. The van der Waals surface area contributed by atoms with Gasteiger partial charge in [0.2, 0.25) is 11.8 Å². The zero-order valence-corrected chi connectivity index (χ0v) is 53.8. The number of urea groups is 1. The van der Waals surface area contributed by atoms with Crippen molar-refractivity contribution in [3.8, 4) is 5.75 Å². The lowest BCUT2D eigenvalue weighted by atomic mass is 9.78. The lowest BCUT2D eigenvalue weighted by molar-refractivity contribution is -0.187. The molecule has 0 radical (unpaired) electrons. The van der Waals surface area contributed by atoms with Gasteiger partial charge in [-0.15, -0.1) is 0 Å². The molecule has 2 aromatic rings. The number of nitrogens with zero attached hydrogens (tertiary/aromatic N) is 2. The number of epoxide rings is 1. The summed E-state index contributed by atoms with van der Waals surface area (Å²) in [4.78, 5) is 110. The Morgan fingerprint density at radius 1 is 1.00 bits per heavy atom. The SMILES string of the molecule is COc1cc2cc(c1Cl)N(C)C(=O)C[C@H](OC(=O)[C@H](C)N(C)C(=O)c1ccc(CC(=O)[C@H](CCCNC(N)=O)NC(=O)[C@@H](CC(=S)NCCOCCOCCC(C)=O)C(C)C)c(C)c1)[C@]1(C)O[C@H]1[C@H](C)[C@@H]1C[C@@](O)(CC(=O)O1)[C@H](OC)/C=C/C=C(\C)C2. The largest absolute Gasteiger partial charge is 0.495 e. The molecule has 4 bridgehead atoms. The fourth-order valence-electron chi connectivity index (χ4n) is 10.8. The molecule has 480 valence electrons. The molecule has 2 saturated heterocycles. The number of halogens is 1. The number of ketones is 2. The van der Waals surface area contributed by atoms with E-state index in [1.807, 2.05) is 26.8 Å². The highest BCUT2D eigenvalue weighted by atomic mass is 35.5. The number of anilines is 1. The van der Waals surface area contributed by atoms with Crippen LogP contribution >= 0.6 is 23.8 Å². The van der Waals surface area contributed by atoms with Crippen molar-refractivity contribution in [2.24, 2.45) is 23.5 Å². The Bertz CT molecular complexity index is 2890. The van der Waals surface area contributed by atoms with Crippen molar-refractivity contribution in [1.29, 1.82) is 0 Å². The molecule has 2 fully saturated rings. The van der Waals surface area contributed by atoms with Crippen molar-refractivity contribution in [2.45, 2.75) is 161 Å². The highest BCUT2D eigenvalue weighted by Gasteiger charge is 2.64. The van der Waals surface area contributed by atoms with Crippen LogP contribution in [0.4, 0.5) is 10.5 Å². The minimum absolute atomic E-state index is 0.00868. The number of aryl methyl sites for hydroxylation is 1. The number of likely N-dealkylation sites (N-methyl/N-ethyl adjacent to an activating group) is 1. The monoisotopic (exact) mass is 1250 g/mol. The third-order valence-corrected chi connectivity index (χ3v) is 17.1. The maximum Gasteiger partial charge on any atom is 0.328 e. The highest BCUT2D eigenvalue weighted by Crippen LogP contribution is 2.50. The number of ether oxygens (including phenoxy) is 7. The van der Waals surface area contributed by atoms with Crippen LogP contribution in [0.3, 0.4) is 0 Å². The van der Waals surface area contributed by atoms with Crippen molar-refractivity contribution in [1.82, 2.24) is 20.9 Å². The fraction of sp³-hybridized carbons (Fsp3) is 0.603. The number of nitrogens with one attached hydrogen (secondary N) is 3. The van der Waals surface area contributed by atoms with E-state index >= 15 is 0 Å². The molecule has 24 heteroatoms. The molecule has 6 N–H and O–H groups in total. The van der Waals surface area contributed by atoms with Crippen LogP contribution in [0.1, 0.15) is 120 Å². The summed E-state index contributed by atoms with van der Waals surface area (Å²) in [5, 5.41) is 20.8.